The van der Waals surface area contributed by atoms with Gasteiger partial charge in [0.2, 0.25) is 0 Å². The zero-order valence-electron chi connectivity index (χ0n) is 9.50. The molecule has 0 heterocycles. The van der Waals surface area contributed by atoms with Gasteiger partial charge in [-0.05, 0) is 38.0 Å². The average Bonchev–Trinajstić information content (AvgIpc) is 2.26. The van der Waals surface area contributed by atoms with Crippen LogP contribution < -0.4 is 0 Å². The first kappa shape index (κ1) is 11.3. The summed E-state index contributed by atoms with van der Waals surface area (Å²) in [4.78, 5) is 11.0. The number of hydrogen-bond acceptors (Lipinski definition) is 1. The van der Waals surface area contributed by atoms with Crippen LogP contribution in [0.3, 0.4) is 0 Å². The van der Waals surface area contributed by atoms with E-state index in [2.05, 4.69) is 33.8 Å². The fourth-order valence-corrected chi connectivity index (χ4v) is 2.49. The second-order valence-corrected chi connectivity index (χ2v) is 5.14. The van der Waals surface area contributed by atoms with Gasteiger partial charge in [0.15, 0.2) is 0 Å². The van der Waals surface area contributed by atoms with Crippen LogP contribution in [0.1, 0.15) is 40.5 Å². The number of carboxylic acids is 1. The fraction of sp³-hybridized carbons (Fsp3) is 0.750. The third kappa shape index (κ3) is 1.99. The van der Waals surface area contributed by atoms with Gasteiger partial charge in [-0.15, -0.1) is 0 Å². The molecule has 0 amide bonds. The molecule has 14 heavy (non-hydrogen) atoms. The van der Waals surface area contributed by atoms with Gasteiger partial charge in [-0.25, -0.2) is 0 Å². The summed E-state index contributed by atoms with van der Waals surface area (Å²) in [5.74, 6) is -0.392. The Kier molecular flexibility index (Phi) is 3.03. The van der Waals surface area contributed by atoms with Crippen LogP contribution >= 0.6 is 0 Å². The van der Waals surface area contributed by atoms with Gasteiger partial charge < -0.3 is 5.11 Å². The van der Waals surface area contributed by atoms with Crippen molar-refractivity contribution in [1.82, 2.24) is 0 Å². The van der Waals surface area contributed by atoms with Crippen molar-refractivity contribution in [1.29, 1.82) is 0 Å². The van der Waals surface area contributed by atoms with E-state index >= 15 is 0 Å². The van der Waals surface area contributed by atoms with Gasteiger partial charge in [0, 0.05) is 0 Å². The average molecular weight is 196 g/mol. The molecule has 2 nitrogen and oxygen atoms in total. The summed E-state index contributed by atoms with van der Waals surface area (Å²) >= 11 is 0. The third-order valence-corrected chi connectivity index (χ3v) is 3.45. The molecule has 2 heteroatoms. The number of rotatable bonds is 2. The van der Waals surface area contributed by atoms with Crippen molar-refractivity contribution >= 4 is 5.97 Å². The minimum Gasteiger partial charge on any atom is -0.481 e. The molecular formula is C12H20O2. The molecule has 0 bridgehead atoms. The lowest BCUT2D eigenvalue weighted by Crippen LogP contribution is -2.29. The Morgan fingerprint density at radius 3 is 2.29 bits per heavy atom. The van der Waals surface area contributed by atoms with E-state index in [1.54, 1.807) is 0 Å². The van der Waals surface area contributed by atoms with Crippen LogP contribution in [0.2, 0.25) is 0 Å². The third-order valence-electron chi connectivity index (χ3n) is 3.45. The summed E-state index contributed by atoms with van der Waals surface area (Å²) in [5.41, 5.74) is 1.19. The summed E-state index contributed by atoms with van der Waals surface area (Å²) in [5, 5.41) is 9.08. The van der Waals surface area contributed by atoms with Crippen molar-refractivity contribution in [2.45, 2.75) is 40.5 Å². The van der Waals surface area contributed by atoms with E-state index in [1.165, 1.54) is 5.57 Å². The highest BCUT2D eigenvalue weighted by atomic mass is 16.4. The number of aliphatic carboxylic acids is 1. The Bertz CT molecular complexity index is 259. The predicted molar refractivity (Wildman–Crippen MR) is 57.1 cm³/mol. The molecule has 1 rings (SSSR count). The maximum absolute atomic E-state index is 11.0. The van der Waals surface area contributed by atoms with Gasteiger partial charge >= 0.3 is 5.97 Å². The number of allylic oxidation sites excluding steroid dienone is 2. The minimum absolute atomic E-state index is 0.0941. The molecule has 2 unspecified atom stereocenters. The highest BCUT2D eigenvalue weighted by molar-refractivity contribution is 5.71. The molecule has 0 saturated heterocycles. The molecule has 0 spiro atoms. The van der Waals surface area contributed by atoms with Crippen molar-refractivity contribution < 1.29 is 9.90 Å². The van der Waals surface area contributed by atoms with Gasteiger partial charge in [-0.2, -0.15) is 0 Å². The molecule has 0 aromatic carbocycles. The molecule has 2 atom stereocenters. The van der Waals surface area contributed by atoms with E-state index in [-0.39, 0.29) is 11.3 Å². The molecule has 0 aliphatic heterocycles. The van der Waals surface area contributed by atoms with Crippen molar-refractivity contribution in [2.24, 2.45) is 17.3 Å². The molecule has 1 saturated carbocycles. The Labute approximate surface area is 86.0 Å². The van der Waals surface area contributed by atoms with E-state index < -0.39 is 5.97 Å². The van der Waals surface area contributed by atoms with Gasteiger partial charge in [-0.3, -0.25) is 4.79 Å². The summed E-state index contributed by atoms with van der Waals surface area (Å²) in [7, 11) is 0. The van der Waals surface area contributed by atoms with Crippen LogP contribution in [0.15, 0.2) is 11.6 Å². The summed E-state index contributed by atoms with van der Waals surface area (Å²) in [6.07, 6.45) is 4.05. The lowest BCUT2D eigenvalue weighted by molar-refractivity contribution is -0.145. The van der Waals surface area contributed by atoms with E-state index in [0.717, 1.165) is 12.8 Å². The van der Waals surface area contributed by atoms with E-state index in [9.17, 15) is 4.79 Å². The number of carboxylic acid groups (broad SMARTS) is 1. The van der Waals surface area contributed by atoms with Crippen molar-refractivity contribution in [3.63, 3.8) is 0 Å². The van der Waals surface area contributed by atoms with E-state index in [4.69, 9.17) is 5.11 Å². The van der Waals surface area contributed by atoms with E-state index in [0.29, 0.717) is 5.92 Å². The predicted octanol–water partition coefficient (Wildman–Crippen LogP) is 3.09. The fourth-order valence-electron chi connectivity index (χ4n) is 2.49. The number of hydrogen-bond donors (Lipinski definition) is 1. The largest absolute Gasteiger partial charge is 0.481 e. The monoisotopic (exact) mass is 196 g/mol. The molecule has 80 valence electrons. The Morgan fingerprint density at radius 2 is 1.93 bits per heavy atom. The molecular weight excluding hydrogens is 176 g/mol. The Morgan fingerprint density at radius 1 is 1.36 bits per heavy atom. The Balaban J connectivity index is 2.86. The summed E-state index contributed by atoms with van der Waals surface area (Å²) in [6, 6.07) is 0. The molecule has 0 aromatic rings. The van der Waals surface area contributed by atoms with Gasteiger partial charge in [-0.1, -0.05) is 25.5 Å². The Hall–Kier alpha value is -0.790. The second kappa shape index (κ2) is 3.76. The standard InChI is InChI=1S/C12H20O2/c1-8(2)7-9-5-6-10(11(13)14)12(9,3)4/h7,9-10H,5-6H2,1-4H3,(H,13,14). The van der Waals surface area contributed by atoms with Crippen LogP contribution in [0.25, 0.3) is 0 Å². The molecule has 1 aliphatic carbocycles. The molecule has 0 aromatic heterocycles. The highest BCUT2D eigenvalue weighted by Gasteiger charge is 2.45. The quantitative estimate of drug-likeness (QED) is 0.689. The lowest BCUT2D eigenvalue weighted by Gasteiger charge is -2.29. The molecule has 1 aliphatic rings. The van der Waals surface area contributed by atoms with Gasteiger partial charge in [0.25, 0.3) is 0 Å². The van der Waals surface area contributed by atoms with Crippen molar-refractivity contribution in [3.8, 4) is 0 Å². The SMILES string of the molecule is CC(C)=CC1CCC(C(=O)O)C1(C)C. The smallest absolute Gasteiger partial charge is 0.307 e. The first-order chi connectivity index (χ1) is 6.35. The highest BCUT2D eigenvalue weighted by Crippen LogP contribution is 2.48. The lowest BCUT2D eigenvalue weighted by atomic mass is 9.75. The van der Waals surface area contributed by atoms with Crippen LogP contribution in [-0.2, 0) is 4.79 Å². The molecule has 0 radical (unpaired) electrons. The first-order valence-corrected chi connectivity index (χ1v) is 5.23. The van der Waals surface area contributed by atoms with Crippen LogP contribution in [-0.4, -0.2) is 11.1 Å². The van der Waals surface area contributed by atoms with Crippen molar-refractivity contribution in [2.75, 3.05) is 0 Å². The summed E-state index contributed by atoms with van der Waals surface area (Å²) in [6.45, 7) is 8.29. The van der Waals surface area contributed by atoms with Crippen LogP contribution in [0, 0.1) is 17.3 Å². The topological polar surface area (TPSA) is 37.3 Å². The van der Waals surface area contributed by atoms with Crippen molar-refractivity contribution in [3.05, 3.63) is 11.6 Å². The number of carbonyl (C=O) groups is 1. The second-order valence-electron chi connectivity index (χ2n) is 5.14. The molecule has 1 N–H and O–H groups in total. The normalized spacial score (nSPS) is 30.0. The van der Waals surface area contributed by atoms with E-state index in [1.807, 2.05) is 0 Å². The molecule has 1 fully saturated rings. The van der Waals surface area contributed by atoms with Crippen LogP contribution in [0.4, 0.5) is 0 Å². The minimum atomic E-state index is -0.639. The zero-order valence-corrected chi connectivity index (χ0v) is 9.50. The van der Waals surface area contributed by atoms with Gasteiger partial charge in [0.1, 0.15) is 0 Å². The van der Waals surface area contributed by atoms with Gasteiger partial charge in [0.05, 0.1) is 5.92 Å². The first-order valence-electron chi connectivity index (χ1n) is 5.23. The maximum Gasteiger partial charge on any atom is 0.307 e. The summed E-state index contributed by atoms with van der Waals surface area (Å²) < 4.78 is 0. The maximum atomic E-state index is 11.0. The van der Waals surface area contributed by atoms with Crippen LogP contribution in [0.5, 0.6) is 0 Å². The zero-order chi connectivity index (χ0) is 10.9.